The summed E-state index contributed by atoms with van der Waals surface area (Å²) in [5, 5.41) is 0.520. The lowest BCUT2D eigenvalue weighted by molar-refractivity contribution is 0.254. The minimum absolute atomic E-state index is 0.257. The number of aryl methyl sites for hydroxylation is 1. The molecule has 0 radical (unpaired) electrons. The van der Waals surface area contributed by atoms with E-state index in [1.54, 1.807) is 0 Å². The smallest absolute Gasteiger partial charge is 0.351 e. The van der Waals surface area contributed by atoms with Crippen molar-refractivity contribution in [3.05, 3.63) is 28.8 Å². The van der Waals surface area contributed by atoms with Gasteiger partial charge in [-0.3, -0.25) is 4.90 Å². The highest BCUT2D eigenvalue weighted by atomic mass is 35.5. The zero-order valence-electron chi connectivity index (χ0n) is 11.2. The maximum Gasteiger partial charge on any atom is 0.351 e. The van der Waals surface area contributed by atoms with Gasteiger partial charge in [0.25, 0.3) is 0 Å². The molecule has 0 saturated carbocycles. The number of hydrogen-bond donors (Lipinski definition) is 2. The van der Waals surface area contributed by atoms with E-state index in [0.717, 1.165) is 18.4 Å². The molecule has 0 saturated heterocycles. The van der Waals surface area contributed by atoms with Crippen LogP contribution in [0.5, 0.6) is 0 Å². The van der Waals surface area contributed by atoms with E-state index in [0.29, 0.717) is 17.3 Å². The highest BCUT2D eigenvalue weighted by Gasteiger charge is 2.17. The number of nitrogens with two attached hydrogens (primary N) is 2. The summed E-state index contributed by atoms with van der Waals surface area (Å²) in [7, 11) is 0. The minimum atomic E-state index is -0.506. The number of hydrogen-bond acceptors (Lipinski definition) is 1. The van der Waals surface area contributed by atoms with Crippen molar-refractivity contribution in [2.75, 3.05) is 11.4 Å². The molecule has 0 aliphatic heterocycles. The average molecular weight is 283 g/mol. The fraction of sp³-hybridized carbons (Fsp3) is 0.385. The summed E-state index contributed by atoms with van der Waals surface area (Å²) >= 11 is 6.21. The van der Waals surface area contributed by atoms with Crippen molar-refractivity contribution in [3.63, 3.8) is 0 Å². The van der Waals surface area contributed by atoms with Gasteiger partial charge < -0.3 is 11.5 Å². The molecule has 104 valence electrons. The Balaban J connectivity index is 3.12. The first-order valence-corrected chi connectivity index (χ1v) is 6.56. The molecular weight excluding hydrogens is 264 g/mol. The molecular formula is C13H19ClN4O. The normalized spacial score (nSPS) is 10.1. The van der Waals surface area contributed by atoms with Gasteiger partial charge in [-0.25, -0.2) is 4.79 Å². The summed E-state index contributed by atoms with van der Waals surface area (Å²) < 4.78 is 0. The van der Waals surface area contributed by atoms with Gasteiger partial charge >= 0.3 is 6.03 Å². The number of guanidine groups is 1. The van der Waals surface area contributed by atoms with Crippen LogP contribution in [0.15, 0.2) is 23.2 Å². The average Bonchev–Trinajstić information content (AvgIpc) is 2.35. The molecule has 0 aliphatic rings. The highest BCUT2D eigenvalue weighted by molar-refractivity contribution is 6.34. The van der Waals surface area contributed by atoms with Crippen LogP contribution in [0.3, 0.4) is 0 Å². The fourth-order valence-electron chi connectivity index (χ4n) is 1.70. The van der Waals surface area contributed by atoms with Crippen LogP contribution in [0.1, 0.15) is 25.8 Å². The lowest BCUT2D eigenvalue weighted by atomic mass is 10.1. The van der Waals surface area contributed by atoms with Gasteiger partial charge in [-0.2, -0.15) is 4.99 Å². The SMILES string of the molecule is CCCN(C(=O)N=C(N)N)c1ccc(CC)cc1Cl. The maximum atomic E-state index is 12.0. The molecule has 1 rings (SSSR count). The van der Waals surface area contributed by atoms with E-state index in [1.165, 1.54) is 4.90 Å². The summed E-state index contributed by atoms with van der Waals surface area (Å²) in [5.41, 5.74) is 12.2. The van der Waals surface area contributed by atoms with Crippen molar-refractivity contribution in [1.82, 2.24) is 0 Å². The Morgan fingerprint density at radius 3 is 2.53 bits per heavy atom. The van der Waals surface area contributed by atoms with Gasteiger partial charge in [0.2, 0.25) is 0 Å². The zero-order valence-corrected chi connectivity index (χ0v) is 11.9. The molecule has 0 fully saturated rings. The number of carbonyl (C=O) groups excluding carboxylic acids is 1. The summed E-state index contributed by atoms with van der Waals surface area (Å²) in [4.78, 5) is 17.0. The number of carbonyl (C=O) groups is 1. The maximum absolute atomic E-state index is 12.0. The Kier molecular flexibility index (Phi) is 5.63. The summed E-state index contributed by atoms with van der Waals surface area (Å²) in [5.74, 6) is -0.257. The first-order valence-electron chi connectivity index (χ1n) is 6.19. The van der Waals surface area contributed by atoms with Crippen LogP contribution >= 0.6 is 11.6 Å². The van der Waals surface area contributed by atoms with Crippen LogP contribution in [0.4, 0.5) is 10.5 Å². The molecule has 0 aromatic heterocycles. The van der Waals surface area contributed by atoms with Crippen molar-refractivity contribution in [3.8, 4) is 0 Å². The lowest BCUT2D eigenvalue weighted by Crippen LogP contribution is -2.33. The summed E-state index contributed by atoms with van der Waals surface area (Å²) in [6, 6.07) is 5.10. The van der Waals surface area contributed by atoms with Gasteiger partial charge in [0.05, 0.1) is 10.7 Å². The topological polar surface area (TPSA) is 84.7 Å². The van der Waals surface area contributed by atoms with E-state index in [4.69, 9.17) is 23.1 Å². The number of benzene rings is 1. The molecule has 0 atom stereocenters. The van der Waals surface area contributed by atoms with Crippen molar-refractivity contribution in [1.29, 1.82) is 0 Å². The third kappa shape index (κ3) is 4.13. The summed E-state index contributed by atoms with van der Waals surface area (Å²) in [6.45, 7) is 4.50. The van der Waals surface area contributed by atoms with Crippen molar-refractivity contribution in [2.45, 2.75) is 26.7 Å². The molecule has 0 heterocycles. The van der Waals surface area contributed by atoms with Crippen molar-refractivity contribution >= 4 is 29.3 Å². The first kappa shape index (κ1) is 15.3. The first-order chi connectivity index (χ1) is 8.99. The molecule has 0 spiro atoms. The molecule has 5 nitrogen and oxygen atoms in total. The van der Waals surface area contributed by atoms with Crippen LogP contribution in [-0.2, 0) is 6.42 Å². The number of aliphatic imine (C=N–C) groups is 1. The molecule has 6 heteroatoms. The van der Waals surface area contributed by atoms with Crippen LogP contribution in [-0.4, -0.2) is 18.5 Å². The molecule has 1 aromatic carbocycles. The largest absolute Gasteiger partial charge is 0.370 e. The molecule has 19 heavy (non-hydrogen) atoms. The lowest BCUT2D eigenvalue weighted by Gasteiger charge is -2.21. The fourth-order valence-corrected chi connectivity index (χ4v) is 2.01. The molecule has 0 bridgehead atoms. The Bertz CT molecular complexity index is 484. The van der Waals surface area contributed by atoms with E-state index >= 15 is 0 Å². The van der Waals surface area contributed by atoms with Gasteiger partial charge in [-0.1, -0.05) is 31.5 Å². The Hall–Kier alpha value is -1.75. The van der Waals surface area contributed by atoms with Crippen LogP contribution in [0.25, 0.3) is 0 Å². The third-order valence-electron chi connectivity index (χ3n) is 2.61. The van der Waals surface area contributed by atoms with Gasteiger partial charge in [0.1, 0.15) is 0 Å². The zero-order chi connectivity index (χ0) is 14.4. The molecule has 4 N–H and O–H groups in total. The molecule has 1 aromatic rings. The number of amides is 2. The van der Waals surface area contributed by atoms with Gasteiger partial charge in [0.15, 0.2) is 5.96 Å². The minimum Gasteiger partial charge on any atom is -0.370 e. The monoisotopic (exact) mass is 282 g/mol. The quantitative estimate of drug-likeness (QED) is 0.657. The number of nitrogens with zero attached hydrogens (tertiary/aromatic N) is 2. The van der Waals surface area contributed by atoms with Crippen molar-refractivity contribution < 1.29 is 4.79 Å². The standard InChI is InChI=1S/C13H19ClN4O/c1-3-7-18(13(19)17-12(15)16)11-6-5-9(4-2)8-10(11)14/h5-6,8H,3-4,7H2,1-2H3,(H4,15,16,17,19). The van der Waals surface area contributed by atoms with E-state index in [9.17, 15) is 4.79 Å². The van der Waals surface area contributed by atoms with Crippen LogP contribution < -0.4 is 16.4 Å². The number of rotatable bonds is 4. The van der Waals surface area contributed by atoms with E-state index in [1.807, 2.05) is 32.0 Å². The molecule has 0 aliphatic carbocycles. The number of urea groups is 1. The predicted octanol–water partition coefficient (Wildman–Crippen LogP) is 2.51. The number of anilines is 1. The van der Waals surface area contributed by atoms with Gasteiger partial charge in [0, 0.05) is 6.54 Å². The number of halogens is 1. The van der Waals surface area contributed by atoms with Crippen LogP contribution in [0.2, 0.25) is 5.02 Å². The van der Waals surface area contributed by atoms with Crippen LogP contribution in [0, 0.1) is 0 Å². The Morgan fingerprint density at radius 1 is 1.37 bits per heavy atom. The summed E-state index contributed by atoms with van der Waals surface area (Å²) in [6.07, 6.45) is 1.66. The second-order valence-corrected chi connectivity index (χ2v) is 4.52. The van der Waals surface area contributed by atoms with E-state index in [-0.39, 0.29) is 5.96 Å². The Labute approximate surface area is 118 Å². The molecule has 2 amide bonds. The van der Waals surface area contributed by atoms with Gasteiger partial charge in [-0.15, -0.1) is 0 Å². The highest BCUT2D eigenvalue weighted by Crippen LogP contribution is 2.28. The second kappa shape index (κ2) is 6.99. The second-order valence-electron chi connectivity index (χ2n) is 4.11. The van der Waals surface area contributed by atoms with Gasteiger partial charge in [-0.05, 0) is 30.5 Å². The van der Waals surface area contributed by atoms with E-state index in [2.05, 4.69) is 4.99 Å². The van der Waals surface area contributed by atoms with E-state index < -0.39 is 6.03 Å². The predicted molar refractivity (Wildman–Crippen MR) is 79.7 cm³/mol. The molecule has 0 unspecified atom stereocenters. The Morgan fingerprint density at radius 2 is 2.05 bits per heavy atom. The van der Waals surface area contributed by atoms with Crippen molar-refractivity contribution in [2.24, 2.45) is 16.5 Å². The third-order valence-corrected chi connectivity index (χ3v) is 2.92.